The van der Waals surface area contributed by atoms with Crippen LogP contribution in [0.25, 0.3) is 0 Å². The minimum Gasteiger partial charge on any atom is -0.454 e. The summed E-state index contributed by atoms with van der Waals surface area (Å²) in [5, 5.41) is 2.58. The van der Waals surface area contributed by atoms with Gasteiger partial charge in [-0.3, -0.25) is 9.59 Å². The molecule has 0 bridgehead atoms. The Labute approximate surface area is 156 Å². The Balaban J connectivity index is 1.81. The van der Waals surface area contributed by atoms with Gasteiger partial charge in [0.05, 0.1) is 4.90 Å². The van der Waals surface area contributed by atoms with Gasteiger partial charge >= 0.3 is 5.97 Å². The molecule has 0 fully saturated rings. The van der Waals surface area contributed by atoms with E-state index in [1.807, 2.05) is 30.3 Å². The van der Waals surface area contributed by atoms with Gasteiger partial charge in [0.25, 0.3) is 5.91 Å². The third-order valence-electron chi connectivity index (χ3n) is 3.49. The van der Waals surface area contributed by atoms with E-state index in [9.17, 15) is 22.4 Å². The second-order valence-electron chi connectivity index (χ2n) is 5.67. The third-order valence-corrected chi connectivity index (χ3v) is 5.04. The maximum atomic E-state index is 12.9. The predicted octanol–water partition coefficient (Wildman–Crippen LogP) is 1.35. The largest absolute Gasteiger partial charge is 0.454 e. The summed E-state index contributed by atoms with van der Waals surface area (Å²) in [4.78, 5) is 23.4. The molecule has 2 N–H and O–H groups in total. The summed E-state index contributed by atoms with van der Waals surface area (Å²) in [5.74, 6) is -2.00. The molecule has 144 valence electrons. The van der Waals surface area contributed by atoms with E-state index in [0.717, 1.165) is 29.8 Å². The van der Waals surface area contributed by atoms with E-state index < -0.39 is 40.4 Å². The zero-order chi connectivity index (χ0) is 19.9. The van der Waals surface area contributed by atoms with Crippen molar-refractivity contribution in [2.75, 3.05) is 6.61 Å². The summed E-state index contributed by atoms with van der Waals surface area (Å²) in [6, 6.07) is 12.1. The molecule has 0 spiro atoms. The molecule has 1 atom stereocenters. The van der Waals surface area contributed by atoms with Gasteiger partial charge < -0.3 is 10.1 Å². The minimum absolute atomic E-state index is 0.191. The molecule has 0 aliphatic heterocycles. The first-order valence-electron chi connectivity index (χ1n) is 8.03. The Hall–Kier alpha value is -2.78. The van der Waals surface area contributed by atoms with Crippen molar-refractivity contribution >= 4 is 21.9 Å². The Morgan fingerprint density at radius 3 is 2.33 bits per heavy atom. The summed E-state index contributed by atoms with van der Waals surface area (Å²) in [6.45, 7) is 1.03. The molecular formula is C18H19FN2O5S. The summed E-state index contributed by atoms with van der Waals surface area (Å²) in [7, 11) is -4.02. The quantitative estimate of drug-likeness (QED) is 0.658. The van der Waals surface area contributed by atoms with Crippen LogP contribution in [0.15, 0.2) is 59.5 Å². The molecular weight excluding hydrogens is 375 g/mol. The van der Waals surface area contributed by atoms with E-state index in [2.05, 4.69) is 10.0 Å². The van der Waals surface area contributed by atoms with Crippen molar-refractivity contribution in [1.29, 1.82) is 0 Å². The number of esters is 1. The number of carbonyl (C=O) groups is 2. The lowest BCUT2D eigenvalue weighted by molar-refractivity contribution is -0.149. The lowest BCUT2D eigenvalue weighted by atomic mass is 10.2. The molecule has 9 heteroatoms. The number of benzene rings is 2. The molecule has 27 heavy (non-hydrogen) atoms. The second kappa shape index (κ2) is 9.24. The van der Waals surface area contributed by atoms with E-state index in [1.165, 1.54) is 6.92 Å². The maximum Gasteiger partial charge on any atom is 0.324 e. The smallest absolute Gasteiger partial charge is 0.324 e. The lowest BCUT2D eigenvalue weighted by Crippen LogP contribution is -2.40. The monoisotopic (exact) mass is 394 g/mol. The van der Waals surface area contributed by atoms with Crippen LogP contribution < -0.4 is 10.0 Å². The highest BCUT2D eigenvalue weighted by molar-refractivity contribution is 7.89. The minimum atomic E-state index is -4.02. The number of amides is 1. The molecule has 0 aromatic heterocycles. The van der Waals surface area contributed by atoms with E-state index >= 15 is 0 Å². The van der Waals surface area contributed by atoms with Gasteiger partial charge in [0.2, 0.25) is 10.0 Å². The van der Waals surface area contributed by atoms with Crippen molar-refractivity contribution < 1.29 is 27.1 Å². The van der Waals surface area contributed by atoms with Crippen LogP contribution in [0.3, 0.4) is 0 Å². The fourth-order valence-electron chi connectivity index (χ4n) is 2.07. The van der Waals surface area contributed by atoms with Gasteiger partial charge in [0.15, 0.2) is 6.61 Å². The average Bonchev–Trinajstić information content (AvgIpc) is 2.65. The van der Waals surface area contributed by atoms with E-state index in [-0.39, 0.29) is 11.4 Å². The predicted molar refractivity (Wildman–Crippen MR) is 95.4 cm³/mol. The highest BCUT2D eigenvalue weighted by Gasteiger charge is 2.23. The van der Waals surface area contributed by atoms with Crippen molar-refractivity contribution in [3.63, 3.8) is 0 Å². The standard InChI is InChI=1S/C18H19FN2O5S/c1-13(21-27(24,25)16-9-7-15(19)8-10-16)18(23)26-12-17(22)20-11-14-5-3-2-4-6-14/h2-10,13,21H,11-12H2,1H3,(H,20,22)/t13-/m0/s1. The Morgan fingerprint density at radius 1 is 1.07 bits per heavy atom. The van der Waals surface area contributed by atoms with Crippen molar-refractivity contribution in [3.8, 4) is 0 Å². The zero-order valence-electron chi connectivity index (χ0n) is 14.5. The second-order valence-corrected chi connectivity index (χ2v) is 7.38. The molecule has 0 aliphatic rings. The molecule has 2 rings (SSSR count). The van der Waals surface area contributed by atoms with Gasteiger partial charge in [-0.15, -0.1) is 0 Å². The summed E-state index contributed by atoms with van der Waals surface area (Å²) in [5.41, 5.74) is 0.887. The van der Waals surface area contributed by atoms with Crippen molar-refractivity contribution in [2.24, 2.45) is 0 Å². The van der Waals surface area contributed by atoms with Crippen LogP contribution in [-0.4, -0.2) is 32.9 Å². The Bertz CT molecular complexity index is 886. The molecule has 0 saturated heterocycles. The zero-order valence-corrected chi connectivity index (χ0v) is 15.3. The van der Waals surface area contributed by atoms with Crippen molar-refractivity contribution in [1.82, 2.24) is 10.0 Å². The summed E-state index contributed by atoms with van der Waals surface area (Å²) >= 11 is 0. The van der Waals surface area contributed by atoms with E-state index in [4.69, 9.17) is 4.74 Å². The van der Waals surface area contributed by atoms with Crippen LogP contribution in [0.5, 0.6) is 0 Å². The number of hydrogen-bond donors (Lipinski definition) is 2. The number of sulfonamides is 1. The lowest BCUT2D eigenvalue weighted by Gasteiger charge is -2.14. The van der Waals surface area contributed by atoms with E-state index in [0.29, 0.717) is 0 Å². The maximum absolute atomic E-state index is 12.9. The van der Waals surface area contributed by atoms with Crippen molar-refractivity contribution in [2.45, 2.75) is 24.4 Å². The normalized spacial score (nSPS) is 12.2. The SMILES string of the molecule is C[C@H](NS(=O)(=O)c1ccc(F)cc1)C(=O)OCC(=O)NCc1ccccc1. The van der Waals surface area contributed by atoms with Crippen LogP contribution in [0.4, 0.5) is 4.39 Å². The van der Waals surface area contributed by atoms with Gasteiger partial charge in [-0.25, -0.2) is 12.8 Å². The number of nitrogens with one attached hydrogen (secondary N) is 2. The molecule has 7 nitrogen and oxygen atoms in total. The highest BCUT2D eigenvalue weighted by Crippen LogP contribution is 2.10. The van der Waals surface area contributed by atoms with Gasteiger partial charge in [0.1, 0.15) is 11.9 Å². The van der Waals surface area contributed by atoms with Crippen LogP contribution >= 0.6 is 0 Å². The number of hydrogen-bond acceptors (Lipinski definition) is 5. The molecule has 2 aromatic carbocycles. The first-order valence-corrected chi connectivity index (χ1v) is 9.51. The number of ether oxygens (including phenoxy) is 1. The summed E-state index contributed by atoms with van der Waals surface area (Å²) < 4.78 is 44.1. The number of carbonyl (C=O) groups excluding carboxylic acids is 2. The Morgan fingerprint density at radius 2 is 1.70 bits per heavy atom. The van der Waals surface area contributed by atoms with Crippen LogP contribution in [0, 0.1) is 5.82 Å². The van der Waals surface area contributed by atoms with Gasteiger partial charge in [-0.1, -0.05) is 30.3 Å². The van der Waals surface area contributed by atoms with Crippen LogP contribution in [0.1, 0.15) is 12.5 Å². The molecule has 1 amide bonds. The van der Waals surface area contributed by atoms with Crippen LogP contribution in [-0.2, 0) is 30.9 Å². The third kappa shape index (κ3) is 6.46. The average molecular weight is 394 g/mol. The molecule has 0 aliphatic carbocycles. The molecule has 2 aromatic rings. The highest BCUT2D eigenvalue weighted by atomic mass is 32.2. The first kappa shape index (κ1) is 20.5. The van der Waals surface area contributed by atoms with Gasteiger partial charge in [0, 0.05) is 6.54 Å². The van der Waals surface area contributed by atoms with Gasteiger partial charge in [-0.05, 0) is 36.8 Å². The topological polar surface area (TPSA) is 102 Å². The number of halogens is 1. The summed E-state index contributed by atoms with van der Waals surface area (Å²) in [6.07, 6.45) is 0. The molecule has 0 saturated carbocycles. The molecule has 0 radical (unpaired) electrons. The van der Waals surface area contributed by atoms with Crippen molar-refractivity contribution in [3.05, 3.63) is 66.0 Å². The first-order chi connectivity index (χ1) is 12.8. The number of rotatable bonds is 8. The van der Waals surface area contributed by atoms with E-state index in [1.54, 1.807) is 0 Å². The Kier molecular flexibility index (Phi) is 7.03. The fraction of sp³-hybridized carbons (Fsp3) is 0.222. The molecule has 0 heterocycles. The molecule has 0 unspecified atom stereocenters. The fourth-order valence-corrected chi connectivity index (χ4v) is 3.26. The van der Waals surface area contributed by atoms with Gasteiger partial charge in [-0.2, -0.15) is 4.72 Å². The van der Waals surface area contributed by atoms with Crippen LogP contribution in [0.2, 0.25) is 0 Å².